The Kier molecular flexibility index (Phi) is 7.22. The molecule has 2 heterocycles. The molecule has 0 radical (unpaired) electrons. The average Bonchev–Trinajstić information content (AvgIpc) is 3.30. The van der Waals surface area contributed by atoms with E-state index in [9.17, 15) is 9.59 Å². The number of carbonyl (C=O) groups excluding carboxylic acids is 2. The normalized spacial score (nSPS) is 17.8. The van der Waals surface area contributed by atoms with E-state index in [1.807, 2.05) is 53.6 Å². The Balaban J connectivity index is 1.32. The predicted molar refractivity (Wildman–Crippen MR) is 163 cm³/mol. The van der Waals surface area contributed by atoms with Crippen LogP contribution in [-0.4, -0.2) is 36.9 Å². The van der Waals surface area contributed by atoms with Crippen LogP contribution in [0.5, 0.6) is 5.75 Å². The Morgan fingerprint density at radius 2 is 1.88 bits per heavy atom. The lowest BCUT2D eigenvalue weighted by atomic mass is 9.73. The van der Waals surface area contributed by atoms with Crippen LogP contribution in [0.25, 0.3) is 10.9 Å². The van der Waals surface area contributed by atoms with Crippen molar-refractivity contribution >= 4 is 34.0 Å². The first-order valence-electron chi connectivity index (χ1n) is 14.3. The maximum absolute atomic E-state index is 15.5. The number of H-pyrrole nitrogens is 1. The zero-order valence-corrected chi connectivity index (χ0v) is 24.1. The van der Waals surface area contributed by atoms with Gasteiger partial charge >= 0.3 is 0 Å². The van der Waals surface area contributed by atoms with Crippen LogP contribution in [0, 0.1) is 11.2 Å². The number of ketones is 1. The van der Waals surface area contributed by atoms with Crippen molar-refractivity contribution in [3.05, 3.63) is 101 Å². The second-order valence-electron chi connectivity index (χ2n) is 11.9. The molecule has 0 bridgehead atoms. The molecule has 1 atom stereocenters. The van der Waals surface area contributed by atoms with Crippen LogP contribution in [0.15, 0.2) is 84.2 Å². The van der Waals surface area contributed by atoms with Gasteiger partial charge in [0.05, 0.1) is 31.1 Å². The molecule has 1 aromatic heterocycles. The highest BCUT2D eigenvalue weighted by Gasteiger charge is 2.42. The standard InChI is InChI=1S/C34H35FN4O3/c1-34(2)17-28-32(30(40)18-34)33(23-8-4-5-9-25(23)35)39(29-11-7-6-10-27(29)38-28)20-31(41)36-15-14-21-19-37-26-13-12-22(42-3)16-24(21)26/h4-13,16,19,33,37-38H,14-15,17-18,20H2,1-3H3,(H,36,41). The monoisotopic (exact) mass is 566 g/mol. The number of anilines is 2. The fourth-order valence-corrected chi connectivity index (χ4v) is 6.29. The lowest BCUT2D eigenvalue weighted by Gasteiger charge is -2.38. The number of carbonyl (C=O) groups is 2. The highest BCUT2D eigenvalue weighted by Crippen LogP contribution is 2.48. The summed E-state index contributed by atoms with van der Waals surface area (Å²) in [5.74, 6) is 0.118. The molecule has 8 heteroatoms. The number of benzene rings is 3. The van der Waals surface area contributed by atoms with E-state index in [2.05, 4.69) is 29.5 Å². The average molecular weight is 567 g/mol. The van der Waals surface area contributed by atoms with Crippen molar-refractivity contribution in [2.45, 2.75) is 39.2 Å². The van der Waals surface area contributed by atoms with Crippen LogP contribution < -0.4 is 20.3 Å². The summed E-state index contributed by atoms with van der Waals surface area (Å²) in [5.41, 5.74) is 5.05. The number of para-hydroxylation sites is 2. The van der Waals surface area contributed by atoms with Crippen molar-refractivity contribution in [3.8, 4) is 5.75 Å². The van der Waals surface area contributed by atoms with Gasteiger partial charge in [-0.1, -0.05) is 44.2 Å². The number of hydrogen-bond donors (Lipinski definition) is 3. The fourth-order valence-electron chi connectivity index (χ4n) is 6.29. The molecule has 6 rings (SSSR count). The third kappa shape index (κ3) is 5.24. The first-order chi connectivity index (χ1) is 20.2. The summed E-state index contributed by atoms with van der Waals surface area (Å²) in [6.45, 7) is 4.51. The quantitative estimate of drug-likeness (QED) is 0.245. The molecule has 0 fully saturated rings. The highest BCUT2D eigenvalue weighted by molar-refractivity contribution is 6.02. The van der Waals surface area contributed by atoms with Crippen LogP contribution in [0.1, 0.15) is 43.9 Å². The minimum atomic E-state index is -0.757. The number of hydrogen-bond acceptors (Lipinski definition) is 5. The van der Waals surface area contributed by atoms with E-state index in [4.69, 9.17) is 4.74 Å². The van der Waals surface area contributed by atoms with Gasteiger partial charge in [0.2, 0.25) is 5.91 Å². The number of Topliss-reactive ketones (excluding diaryl/α,β-unsaturated/α-hetero) is 1. The van der Waals surface area contributed by atoms with E-state index >= 15 is 4.39 Å². The molecule has 216 valence electrons. The van der Waals surface area contributed by atoms with Gasteiger partial charge in [0.25, 0.3) is 0 Å². The molecule has 1 unspecified atom stereocenters. The number of aromatic nitrogens is 1. The molecule has 0 saturated carbocycles. The molecule has 2 aliphatic rings. The van der Waals surface area contributed by atoms with Crippen molar-refractivity contribution in [1.82, 2.24) is 10.3 Å². The van der Waals surface area contributed by atoms with Gasteiger partial charge in [-0.05, 0) is 60.2 Å². The van der Waals surface area contributed by atoms with E-state index < -0.39 is 11.9 Å². The number of aromatic amines is 1. The number of nitrogens with zero attached hydrogens (tertiary/aromatic N) is 1. The van der Waals surface area contributed by atoms with Crippen LogP contribution >= 0.6 is 0 Å². The third-order valence-electron chi connectivity index (χ3n) is 8.21. The Morgan fingerprint density at radius 1 is 1.10 bits per heavy atom. The largest absolute Gasteiger partial charge is 0.497 e. The molecular formula is C34H35FN4O3. The molecule has 7 nitrogen and oxygen atoms in total. The molecular weight excluding hydrogens is 531 g/mol. The van der Waals surface area contributed by atoms with Gasteiger partial charge in [-0.25, -0.2) is 4.39 Å². The highest BCUT2D eigenvalue weighted by atomic mass is 19.1. The van der Waals surface area contributed by atoms with Crippen LogP contribution in [0.2, 0.25) is 0 Å². The minimum Gasteiger partial charge on any atom is -0.497 e. The van der Waals surface area contributed by atoms with Gasteiger partial charge < -0.3 is 25.3 Å². The Labute approximate surface area is 244 Å². The maximum Gasteiger partial charge on any atom is 0.239 e. The molecule has 42 heavy (non-hydrogen) atoms. The second-order valence-corrected chi connectivity index (χ2v) is 11.9. The molecule has 1 aliphatic carbocycles. The van der Waals surface area contributed by atoms with E-state index in [-0.39, 0.29) is 23.7 Å². The molecule has 0 saturated heterocycles. The lowest BCUT2D eigenvalue weighted by molar-refractivity contribution is -0.120. The first kappa shape index (κ1) is 27.6. The predicted octanol–water partition coefficient (Wildman–Crippen LogP) is 6.29. The lowest BCUT2D eigenvalue weighted by Crippen LogP contribution is -2.42. The molecule has 1 amide bonds. The number of allylic oxidation sites excluding steroid dienone is 1. The topological polar surface area (TPSA) is 86.5 Å². The molecule has 0 spiro atoms. The van der Waals surface area contributed by atoms with Crippen LogP contribution in [0.4, 0.5) is 15.8 Å². The Morgan fingerprint density at radius 3 is 2.69 bits per heavy atom. The third-order valence-corrected chi connectivity index (χ3v) is 8.21. The fraction of sp³-hybridized carbons (Fsp3) is 0.294. The number of ether oxygens (including phenoxy) is 1. The molecule has 3 aromatic carbocycles. The minimum absolute atomic E-state index is 0.0324. The van der Waals surface area contributed by atoms with Crippen molar-refractivity contribution in [1.29, 1.82) is 0 Å². The molecule has 4 aromatic rings. The second kappa shape index (κ2) is 11.0. The van der Waals surface area contributed by atoms with Crippen LogP contribution in [0.3, 0.4) is 0 Å². The summed E-state index contributed by atoms with van der Waals surface area (Å²) in [5, 5.41) is 7.61. The number of halogens is 1. The van der Waals surface area contributed by atoms with Gasteiger partial charge in [0.1, 0.15) is 11.6 Å². The first-order valence-corrected chi connectivity index (χ1v) is 14.3. The van der Waals surface area contributed by atoms with Gasteiger partial charge in [-0.15, -0.1) is 0 Å². The molecule has 3 N–H and O–H groups in total. The zero-order chi connectivity index (χ0) is 29.4. The van der Waals surface area contributed by atoms with Crippen LogP contribution in [-0.2, 0) is 16.0 Å². The maximum atomic E-state index is 15.5. The number of amides is 1. The summed E-state index contributed by atoms with van der Waals surface area (Å²) >= 11 is 0. The number of rotatable bonds is 7. The summed E-state index contributed by atoms with van der Waals surface area (Å²) < 4.78 is 20.9. The molecule has 1 aliphatic heterocycles. The Bertz CT molecular complexity index is 1710. The number of methoxy groups -OCH3 is 1. The summed E-state index contributed by atoms with van der Waals surface area (Å²) in [7, 11) is 1.64. The van der Waals surface area contributed by atoms with Crippen molar-refractivity contribution < 1.29 is 18.7 Å². The van der Waals surface area contributed by atoms with E-state index in [1.54, 1.807) is 25.3 Å². The Hall–Kier alpha value is -4.59. The van der Waals surface area contributed by atoms with Crippen molar-refractivity contribution in [2.24, 2.45) is 5.41 Å². The van der Waals surface area contributed by atoms with Gasteiger partial charge in [0.15, 0.2) is 5.78 Å². The number of nitrogens with one attached hydrogen (secondary N) is 3. The van der Waals surface area contributed by atoms with Gasteiger partial charge in [0, 0.05) is 46.9 Å². The SMILES string of the molecule is COc1ccc2[nH]cc(CCNC(=O)CN3c4ccccc4NC4=C(C(=O)CC(C)(C)C4)C3c3ccccc3F)c2c1. The van der Waals surface area contributed by atoms with E-state index in [0.29, 0.717) is 36.9 Å². The van der Waals surface area contributed by atoms with Crippen molar-refractivity contribution in [3.63, 3.8) is 0 Å². The van der Waals surface area contributed by atoms with Gasteiger partial charge in [-0.3, -0.25) is 9.59 Å². The zero-order valence-electron chi connectivity index (χ0n) is 24.1. The van der Waals surface area contributed by atoms with Crippen molar-refractivity contribution in [2.75, 3.05) is 30.4 Å². The van der Waals surface area contributed by atoms with E-state index in [1.165, 1.54) is 6.07 Å². The summed E-state index contributed by atoms with van der Waals surface area (Å²) in [6, 6.07) is 19.3. The summed E-state index contributed by atoms with van der Waals surface area (Å²) in [4.78, 5) is 32.4. The van der Waals surface area contributed by atoms with E-state index in [0.717, 1.165) is 39.3 Å². The smallest absolute Gasteiger partial charge is 0.239 e. The number of fused-ring (bicyclic) bond motifs is 2. The summed E-state index contributed by atoms with van der Waals surface area (Å²) in [6.07, 6.45) is 3.56. The van der Waals surface area contributed by atoms with Gasteiger partial charge in [-0.2, -0.15) is 0 Å².